The molecule has 108 valence electrons. The number of fused-ring (bicyclic) bond motifs is 3. The van der Waals surface area contributed by atoms with Crippen LogP contribution in [0.4, 0.5) is 0 Å². The average Bonchev–Trinajstić information content (AvgIpc) is 2.50. The highest BCUT2D eigenvalue weighted by molar-refractivity contribution is 5.38. The Balaban J connectivity index is 1.61. The van der Waals surface area contributed by atoms with Gasteiger partial charge in [0.25, 0.3) is 0 Å². The molecule has 1 saturated carbocycles. The van der Waals surface area contributed by atoms with E-state index in [0.29, 0.717) is 12.6 Å². The van der Waals surface area contributed by atoms with Crippen molar-refractivity contribution in [1.82, 2.24) is 5.32 Å². The van der Waals surface area contributed by atoms with E-state index in [1.807, 2.05) is 6.07 Å². The van der Waals surface area contributed by atoms with Crippen molar-refractivity contribution in [3.05, 3.63) is 29.8 Å². The minimum atomic E-state index is 0.0537. The Morgan fingerprint density at radius 3 is 2.85 bits per heavy atom. The molecule has 1 spiro atoms. The molecule has 0 radical (unpaired) electrons. The molecule has 1 N–H and O–H groups in total. The summed E-state index contributed by atoms with van der Waals surface area (Å²) in [4.78, 5) is 0. The lowest BCUT2D eigenvalue weighted by molar-refractivity contribution is -0.166. The van der Waals surface area contributed by atoms with Gasteiger partial charge in [-0.1, -0.05) is 25.1 Å². The van der Waals surface area contributed by atoms with Gasteiger partial charge in [0, 0.05) is 12.1 Å². The van der Waals surface area contributed by atoms with Crippen LogP contribution in [0.15, 0.2) is 24.3 Å². The van der Waals surface area contributed by atoms with Gasteiger partial charge in [-0.2, -0.15) is 0 Å². The largest absolute Gasteiger partial charge is 0.491 e. The van der Waals surface area contributed by atoms with Crippen LogP contribution in [0, 0.1) is 5.92 Å². The molecule has 0 bridgehead atoms. The Morgan fingerprint density at radius 2 is 2.00 bits per heavy atom. The average molecular weight is 273 g/mol. The molecule has 2 aliphatic heterocycles. The Hall–Kier alpha value is -1.06. The van der Waals surface area contributed by atoms with Gasteiger partial charge in [0.1, 0.15) is 18.5 Å². The van der Waals surface area contributed by atoms with E-state index in [0.717, 1.165) is 18.2 Å². The third kappa shape index (κ3) is 2.04. The molecule has 3 aliphatic rings. The first kappa shape index (κ1) is 12.7. The van der Waals surface area contributed by atoms with Gasteiger partial charge >= 0.3 is 0 Å². The van der Waals surface area contributed by atoms with E-state index >= 15 is 0 Å². The molecule has 2 atom stereocenters. The van der Waals surface area contributed by atoms with Crippen molar-refractivity contribution in [1.29, 1.82) is 0 Å². The molecule has 2 fully saturated rings. The molecular weight excluding hydrogens is 250 g/mol. The lowest BCUT2D eigenvalue weighted by atomic mass is 9.77. The molecule has 2 heterocycles. The number of morpholine rings is 1. The van der Waals surface area contributed by atoms with Crippen LogP contribution >= 0.6 is 0 Å². The minimum absolute atomic E-state index is 0.0537. The molecule has 1 aliphatic carbocycles. The van der Waals surface area contributed by atoms with E-state index in [1.54, 1.807) is 0 Å². The van der Waals surface area contributed by atoms with Crippen molar-refractivity contribution < 1.29 is 9.47 Å². The Labute approximate surface area is 120 Å². The van der Waals surface area contributed by atoms with E-state index in [4.69, 9.17) is 9.47 Å². The van der Waals surface area contributed by atoms with Crippen molar-refractivity contribution in [3.8, 4) is 5.75 Å². The maximum Gasteiger partial charge on any atom is 0.125 e. The molecule has 0 amide bonds. The van der Waals surface area contributed by atoms with Crippen molar-refractivity contribution >= 4 is 0 Å². The van der Waals surface area contributed by atoms with Crippen LogP contribution in [0.25, 0.3) is 0 Å². The highest BCUT2D eigenvalue weighted by atomic mass is 16.5. The van der Waals surface area contributed by atoms with Crippen LogP contribution in [0.1, 0.15) is 44.3 Å². The summed E-state index contributed by atoms with van der Waals surface area (Å²) in [6.07, 6.45) is 5.11. The second kappa shape index (κ2) is 4.74. The highest BCUT2D eigenvalue weighted by Gasteiger charge is 2.45. The smallest absolute Gasteiger partial charge is 0.125 e. The summed E-state index contributed by atoms with van der Waals surface area (Å²) < 4.78 is 12.5. The maximum atomic E-state index is 6.65. The minimum Gasteiger partial charge on any atom is -0.491 e. The third-order valence-electron chi connectivity index (χ3n) is 5.26. The van der Waals surface area contributed by atoms with Crippen molar-refractivity contribution in [2.75, 3.05) is 13.2 Å². The number of ether oxygens (including phenoxy) is 2. The van der Waals surface area contributed by atoms with Gasteiger partial charge in [0.2, 0.25) is 0 Å². The van der Waals surface area contributed by atoms with Crippen molar-refractivity contribution in [2.24, 2.45) is 5.92 Å². The van der Waals surface area contributed by atoms with Gasteiger partial charge < -0.3 is 14.8 Å². The summed E-state index contributed by atoms with van der Waals surface area (Å²) in [6, 6.07) is 8.62. The Morgan fingerprint density at radius 1 is 1.20 bits per heavy atom. The SMILES string of the molecule is CC1CCC2(CC1)CNC1COc3ccccc3C1O2. The fourth-order valence-corrected chi connectivity index (χ4v) is 3.85. The lowest BCUT2D eigenvalue weighted by Gasteiger charge is -2.50. The quantitative estimate of drug-likeness (QED) is 0.788. The first-order valence-corrected chi connectivity index (χ1v) is 7.89. The number of rotatable bonds is 0. The van der Waals surface area contributed by atoms with E-state index in [2.05, 4.69) is 30.4 Å². The van der Waals surface area contributed by atoms with Gasteiger partial charge in [-0.3, -0.25) is 0 Å². The molecule has 3 nitrogen and oxygen atoms in total. The van der Waals surface area contributed by atoms with Gasteiger partial charge in [0.05, 0.1) is 11.6 Å². The summed E-state index contributed by atoms with van der Waals surface area (Å²) in [7, 11) is 0. The van der Waals surface area contributed by atoms with Crippen LogP contribution < -0.4 is 10.1 Å². The fraction of sp³-hybridized carbons (Fsp3) is 0.647. The number of benzene rings is 1. The molecule has 2 unspecified atom stereocenters. The van der Waals surface area contributed by atoms with Crippen LogP contribution in [0.2, 0.25) is 0 Å². The molecule has 3 heteroatoms. The summed E-state index contributed by atoms with van der Waals surface area (Å²) in [5.74, 6) is 1.85. The van der Waals surface area contributed by atoms with Gasteiger partial charge in [-0.15, -0.1) is 0 Å². The Kier molecular flexibility index (Phi) is 3.00. The predicted molar refractivity (Wildman–Crippen MR) is 77.9 cm³/mol. The molecule has 0 aromatic heterocycles. The summed E-state index contributed by atoms with van der Waals surface area (Å²) in [5, 5.41) is 3.69. The maximum absolute atomic E-state index is 6.65. The van der Waals surface area contributed by atoms with Gasteiger partial charge in [0.15, 0.2) is 0 Å². The van der Waals surface area contributed by atoms with Crippen molar-refractivity contribution in [2.45, 2.75) is 50.4 Å². The number of para-hydroxylation sites is 1. The molecule has 1 aromatic rings. The van der Waals surface area contributed by atoms with Gasteiger partial charge in [-0.25, -0.2) is 0 Å². The number of hydrogen-bond donors (Lipinski definition) is 1. The van der Waals surface area contributed by atoms with Crippen molar-refractivity contribution in [3.63, 3.8) is 0 Å². The Bertz CT molecular complexity index is 494. The number of nitrogens with one attached hydrogen (secondary N) is 1. The van der Waals surface area contributed by atoms with E-state index in [9.17, 15) is 0 Å². The zero-order valence-electron chi connectivity index (χ0n) is 12.1. The standard InChI is InChI=1S/C17H23NO2/c1-12-6-8-17(9-7-12)11-18-14-10-19-15-5-3-2-4-13(15)16(14)20-17/h2-5,12,14,16,18H,6-11H2,1H3. The molecule has 4 rings (SSSR count). The zero-order valence-corrected chi connectivity index (χ0v) is 12.1. The van der Waals surface area contributed by atoms with Crippen LogP contribution in [0.5, 0.6) is 5.75 Å². The van der Waals surface area contributed by atoms with E-state index in [-0.39, 0.29) is 11.7 Å². The third-order valence-corrected chi connectivity index (χ3v) is 5.26. The molecule has 1 saturated heterocycles. The zero-order chi connectivity index (χ0) is 13.6. The number of hydrogen-bond acceptors (Lipinski definition) is 3. The second-order valence-corrected chi connectivity index (χ2v) is 6.74. The summed E-state index contributed by atoms with van der Waals surface area (Å²) in [5.41, 5.74) is 1.27. The van der Waals surface area contributed by atoms with Crippen LogP contribution in [-0.4, -0.2) is 24.8 Å². The molecular formula is C17H23NO2. The molecule has 20 heavy (non-hydrogen) atoms. The van der Waals surface area contributed by atoms with E-state index < -0.39 is 0 Å². The topological polar surface area (TPSA) is 30.5 Å². The predicted octanol–water partition coefficient (Wildman–Crippen LogP) is 3.06. The summed E-state index contributed by atoms with van der Waals surface area (Å²) >= 11 is 0. The first-order chi connectivity index (χ1) is 9.76. The summed E-state index contributed by atoms with van der Waals surface area (Å²) in [6.45, 7) is 4.05. The van der Waals surface area contributed by atoms with Gasteiger partial charge in [-0.05, 0) is 37.7 Å². The first-order valence-electron chi connectivity index (χ1n) is 7.89. The fourth-order valence-electron chi connectivity index (χ4n) is 3.85. The normalized spacial score (nSPS) is 39.8. The van der Waals surface area contributed by atoms with E-state index in [1.165, 1.54) is 31.2 Å². The van der Waals surface area contributed by atoms with Crippen LogP contribution in [-0.2, 0) is 4.74 Å². The van der Waals surface area contributed by atoms with Crippen LogP contribution in [0.3, 0.4) is 0 Å². The highest BCUT2D eigenvalue weighted by Crippen LogP contribution is 2.44. The molecule has 1 aromatic carbocycles. The monoisotopic (exact) mass is 273 g/mol. The second-order valence-electron chi connectivity index (χ2n) is 6.74. The lowest BCUT2D eigenvalue weighted by Crippen LogP contribution is -2.59.